The SMILES string of the molecule is CCCCCCCCCCCCCCCCCCC(=O)OC[C@H](COC(=O)CCCCCCC)OC(=O)CCCCCCCCCCCC(C)C. The molecule has 0 aliphatic heterocycles. The zero-order valence-corrected chi connectivity index (χ0v) is 34.6. The molecule has 1 atom stereocenters. The molecule has 0 rings (SSSR count). The Hall–Kier alpha value is -1.59. The quantitative estimate of drug-likeness (QED) is 0.0356. The molecule has 6 heteroatoms. The van der Waals surface area contributed by atoms with Crippen LogP contribution in [-0.4, -0.2) is 37.2 Å². The third kappa shape index (κ3) is 39.5. The van der Waals surface area contributed by atoms with Crippen molar-refractivity contribution < 1.29 is 28.6 Å². The summed E-state index contributed by atoms with van der Waals surface area (Å²) in [5.74, 6) is -0.0642. The lowest BCUT2D eigenvalue weighted by atomic mass is 10.0. The standard InChI is InChI=1S/C45H86O6/c1-5-7-9-11-12-13-14-15-16-17-18-19-22-25-29-33-37-44(47)50-40-42(39-49-43(46)36-32-27-10-8-6-2)51-45(48)38-34-30-26-23-20-21-24-28-31-35-41(3)4/h41-42H,5-40H2,1-4H3/t42-/m0/s1. The molecule has 0 heterocycles. The van der Waals surface area contributed by atoms with Gasteiger partial charge in [-0.3, -0.25) is 14.4 Å². The van der Waals surface area contributed by atoms with E-state index in [0.29, 0.717) is 19.3 Å². The van der Waals surface area contributed by atoms with Gasteiger partial charge >= 0.3 is 17.9 Å². The summed E-state index contributed by atoms with van der Waals surface area (Å²) in [7, 11) is 0. The van der Waals surface area contributed by atoms with Crippen molar-refractivity contribution in [3.63, 3.8) is 0 Å². The average Bonchev–Trinajstić information content (AvgIpc) is 3.11. The summed E-state index contributed by atoms with van der Waals surface area (Å²) < 4.78 is 16.6. The highest BCUT2D eigenvalue weighted by Gasteiger charge is 2.19. The van der Waals surface area contributed by atoms with Crippen LogP contribution < -0.4 is 0 Å². The van der Waals surface area contributed by atoms with E-state index in [1.807, 2.05) is 0 Å². The number of carbonyl (C=O) groups is 3. The maximum atomic E-state index is 12.6. The van der Waals surface area contributed by atoms with Crippen LogP contribution in [0.4, 0.5) is 0 Å². The molecule has 0 aromatic rings. The highest BCUT2D eigenvalue weighted by molar-refractivity contribution is 5.71. The summed E-state index contributed by atoms with van der Waals surface area (Å²) >= 11 is 0. The van der Waals surface area contributed by atoms with Crippen molar-refractivity contribution in [3.05, 3.63) is 0 Å². The molecule has 0 aliphatic rings. The first-order chi connectivity index (χ1) is 24.9. The van der Waals surface area contributed by atoms with Crippen molar-refractivity contribution in [2.75, 3.05) is 13.2 Å². The van der Waals surface area contributed by atoms with Crippen LogP contribution >= 0.6 is 0 Å². The maximum Gasteiger partial charge on any atom is 0.306 e. The second-order valence-electron chi connectivity index (χ2n) is 15.8. The molecule has 0 radical (unpaired) electrons. The smallest absolute Gasteiger partial charge is 0.306 e. The van der Waals surface area contributed by atoms with Crippen LogP contribution in [0.15, 0.2) is 0 Å². The van der Waals surface area contributed by atoms with Gasteiger partial charge in [-0.1, -0.05) is 207 Å². The zero-order chi connectivity index (χ0) is 37.5. The Bertz CT molecular complexity index is 766. The largest absolute Gasteiger partial charge is 0.462 e. The summed E-state index contributed by atoms with van der Waals surface area (Å²) in [4.78, 5) is 37.4. The van der Waals surface area contributed by atoms with Crippen LogP contribution in [0.1, 0.15) is 246 Å². The van der Waals surface area contributed by atoms with Crippen LogP contribution in [-0.2, 0) is 28.6 Å². The third-order valence-electron chi connectivity index (χ3n) is 10.0. The molecule has 51 heavy (non-hydrogen) atoms. The Morgan fingerprint density at radius 2 is 0.647 bits per heavy atom. The molecule has 0 bridgehead atoms. The molecular weight excluding hydrogens is 636 g/mol. The Balaban J connectivity index is 4.17. The van der Waals surface area contributed by atoms with Crippen LogP contribution in [0.5, 0.6) is 0 Å². The van der Waals surface area contributed by atoms with Gasteiger partial charge in [-0.15, -0.1) is 0 Å². The van der Waals surface area contributed by atoms with E-state index in [9.17, 15) is 14.4 Å². The predicted molar refractivity (Wildman–Crippen MR) is 215 cm³/mol. The molecule has 0 amide bonds. The molecule has 0 aromatic heterocycles. The molecule has 302 valence electrons. The van der Waals surface area contributed by atoms with Gasteiger partial charge in [0.25, 0.3) is 0 Å². The molecule has 0 aromatic carbocycles. The van der Waals surface area contributed by atoms with Gasteiger partial charge in [0.2, 0.25) is 0 Å². The average molecular weight is 723 g/mol. The van der Waals surface area contributed by atoms with E-state index in [-0.39, 0.29) is 31.1 Å². The molecular formula is C45H86O6. The van der Waals surface area contributed by atoms with Crippen LogP contribution in [0.3, 0.4) is 0 Å². The fraction of sp³-hybridized carbons (Fsp3) is 0.933. The van der Waals surface area contributed by atoms with Gasteiger partial charge in [-0.25, -0.2) is 0 Å². The summed E-state index contributed by atoms with van der Waals surface area (Å²) in [6.45, 7) is 8.89. The van der Waals surface area contributed by atoms with Crippen molar-refractivity contribution >= 4 is 17.9 Å². The van der Waals surface area contributed by atoms with E-state index in [4.69, 9.17) is 14.2 Å². The number of ether oxygens (including phenoxy) is 3. The highest BCUT2D eigenvalue weighted by atomic mass is 16.6. The minimum Gasteiger partial charge on any atom is -0.462 e. The fourth-order valence-electron chi connectivity index (χ4n) is 6.63. The van der Waals surface area contributed by atoms with Gasteiger partial charge in [0.1, 0.15) is 13.2 Å². The van der Waals surface area contributed by atoms with Crippen LogP contribution in [0.25, 0.3) is 0 Å². The minimum absolute atomic E-state index is 0.0651. The Kier molecular flexibility index (Phi) is 38.4. The molecule has 0 spiro atoms. The van der Waals surface area contributed by atoms with Gasteiger partial charge in [-0.05, 0) is 25.2 Å². The first kappa shape index (κ1) is 49.4. The monoisotopic (exact) mass is 723 g/mol. The van der Waals surface area contributed by atoms with Gasteiger partial charge in [-0.2, -0.15) is 0 Å². The lowest BCUT2D eigenvalue weighted by Crippen LogP contribution is -2.30. The van der Waals surface area contributed by atoms with Crippen molar-refractivity contribution in [2.24, 2.45) is 5.92 Å². The molecule has 0 saturated carbocycles. The van der Waals surface area contributed by atoms with Crippen molar-refractivity contribution in [1.29, 1.82) is 0 Å². The molecule has 0 fully saturated rings. The van der Waals surface area contributed by atoms with E-state index in [0.717, 1.165) is 70.1 Å². The molecule has 0 aliphatic carbocycles. The Morgan fingerprint density at radius 3 is 0.961 bits per heavy atom. The zero-order valence-electron chi connectivity index (χ0n) is 34.6. The first-order valence-corrected chi connectivity index (χ1v) is 22.4. The molecule has 6 nitrogen and oxygen atoms in total. The summed E-state index contributed by atoms with van der Waals surface area (Å²) in [5.41, 5.74) is 0. The molecule has 0 saturated heterocycles. The maximum absolute atomic E-state index is 12.6. The molecule has 0 unspecified atom stereocenters. The number of rotatable bonds is 40. The summed E-state index contributed by atoms with van der Waals surface area (Å²) in [5, 5.41) is 0. The third-order valence-corrected chi connectivity index (χ3v) is 10.0. The summed E-state index contributed by atoms with van der Waals surface area (Å²) in [6.07, 6.45) is 38.3. The van der Waals surface area contributed by atoms with Crippen LogP contribution in [0, 0.1) is 5.92 Å². The predicted octanol–water partition coefficient (Wildman–Crippen LogP) is 13.9. The minimum atomic E-state index is -0.757. The normalized spacial score (nSPS) is 11.9. The second-order valence-corrected chi connectivity index (χ2v) is 15.8. The number of carbonyl (C=O) groups excluding carboxylic acids is 3. The van der Waals surface area contributed by atoms with Gasteiger partial charge in [0.05, 0.1) is 0 Å². The van der Waals surface area contributed by atoms with Crippen molar-refractivity contribution in [3.8, 4) is 0 Å². The van der Waals surface area contributed by atoms with E-state index < -0.39 is 6.10 Å². The van der Waals surface area contributed by atoms with E-state index >= 15 is 0 Å². The fourth-order valence-corrected chi connectivity index (χ4v) is 6.63. The first-order valence-electron chi connectivity index (χ1n) is 22.4. The number of esters is 3. The van der Waals surface area contributed by atoms with Gasteiger partial charge in [0, 0.05) is 19.3 Å². The van der Waals surface area contributed by atoms with Crippen molar-refractivity contribution in [2.45, 2.75) is 252 Å². The van der Waals surface area contributed by atoms with E-state index in [1.54, 1.807) is 0 Å². The van der Waals surface area contributed by atoms with Gasteiger partial charge < -0.3 is 14.2 Å². The number of unbranched alkanes of at least 4 members (excludes halogenated alkanes) is 27. The number of hydrogen-bond donors (Lipinski definition) is 0. The lowest BCUT2D eigenvalue weighted by Gasteiger charge is -2.18. The van der Waals surface area contributed by atoms with E-state index in [2.05, 4.69) is 27.7 Å². The Morgan fingerprint density at radius 1 is 0.373 bits per heavy atom. The van der Waals surface area contributed by atoms with Crippen LogP contribution in [0.2, 0.25) is 0 Å². The second kappa shape index (κ2) is 39.6. The number of hydrogen-bond acceptors (Lipinski definition) is 6. The van der Waals surface area contributed by atoms with E-state index in [1.165, 1.54) is 135 Å². The van der Waals surface area contributed by atoms with Crippen molar-refractivity contribution in [1.82, 2.24) is 0 Å². The lowest BCUT2D eigenvalue weighted by molar-refractivity contribution is -0.167. The highest BCUT2D eigenvalue weighted by Crippen LogP contribution is 2.16. The summed E-state index contributed by atoms with van der Waals surface area (Å²) in [6, 6.07) is 0. The Labute approximate surface area is 317 Å². The topological polar surface area (TPSA) is 78.9 Å². The molecule has 0 N–H and O–H groups in total. The van der Waals surface area contributed by atoms with Gasteiger partial charge in [0.15, 0.2) is 6.10 Å².